The predicted octanol–water partition coefficient (Wildman–Crippen LogP) is 6.34. The number of aryl methyl sites for hydroxylation is 2. The molecule has 31 heavy (non-hydrogen) atoms. The average Bonchev–Trinajstić information content (AvgIpc) is 2.81. The van der Waals surface area contributed by atoms with Crippen LogP contribution in [0.4, 0.5) is 0 Å². The van der Waals surface area contributed by atoms with Crippen LogP contribution in [0, 0.1) is 6.92 Å². The summed E-state index contributed by atoms with van der Waals surface area (Å²) < 4.78 is 11.8. The molecule has 4 nitrogen and oxygen atoms in total. The summed E-state index contributed by atoms with van der Waals surface area (Å²) in [6.07, 6.45) is 3.32. The largest absolute Gasteiger partial charge is 0.419 e. The minimum atomic E-state index is -0.474. The Morgan fingerprint density at radius 3 is 1.77 bits per heavy atom. The van der Waals surface area contributed by atoms with Crippen LogP contribution >= 0.6 is 0 Å². The predicted molar refractivity (Wildman–Crippen MR) is 122 cm³/mol. The smallest absolute Gasteiger partial charge is 0.343 e. The maximum Gasteiger partial charge on any atom is 0.343 e. The Balaban J connectivity index is 2.07. The van der Waals surface area contributed by atoms with Gasteiger partial charge in [-0.1, -0.05) is 62.7 Å². The fraction of sp³-hybridized carbons (Fsp3) is 0.259. The van der Waals surface area contributed by atoms with Crippen molar-refractivity contribution in [3.05, 3.63) is 94.5 Å². The highest BCUT2D eigenvalue weighted by atomic mass is 16.6. The summed E-state index contributed by atoms with van der Waals surface area (Å²) in [4.78, 5) is 25.7. The first-order chi connectivity index (χ1) is 15.0. The summed E-state index contributed by atoms with van der Waals surface area (Å²) in [5.74, 6) is -0.263. The summed E-state index contributed by atoms with van der Waals surface area (Å²) in [6.45, 7) is 6.11. The SMILES string of the molecule is CCCCc1c(C)cc(CC)c(OC(=O)c2ccccc2)c1OC(=O)c1ccccc1. The van der Waals surface area contributed by atoms with Gasteiger partial charge in [0.2, 0.25) is 0 Å². The number of carbonyl (C=O) groups excluding carboxylic acids is 2. The first kappa shape index (κ1) is 22.3. The maximum absolute atomic E-state index is 12.9. The van der Waals surface area contributed by atoms with E-state index in [-0.39, 0.29) is 0 Å². The lowest BCUT2D eigenvalue weighted by Crippen LogP contribution is -2.16. The number of esters is 2. The minimum Gasteiger partial charge on any atom is -0.419 e. The fourth-order valence-corrected chi connectivity index (χ4v) is 3.47. The molecular weight excluding hydrogens is 388 g/mol. The normalized spacial score (nSPS) is 10.5. The van der Waals surface area contributed by atoms with Crippen molar-refractivity contribution >= 4 is 11.9 Å². The lowest BCUT2D eigenvalue weighted by atomic mass is 9.97. The summed E-state index contributed by atoms with van der Waals surface area (Å²) in [7, 11) is 0. The molecule has 0 aromatic heterocycles. The highest BCUT2D eigenvalue weighted by molar-refractivity contribution is 5.93. The van der Waals surface area contributed by atoms with Crippen LogP contribution in [0.3, 0.4) is 0 Å². The highest BCUT2D eigenvalue weighted by Crippen LogP contribution is 2.39. The van der Waals surface area contributed by atoms with Crippen LogP contribution in [0.1, 0.15) is 64.1 Å². The van der Waals surface area contributed by atoms with Gasteiger partial charge >= 0.3 is 11.9 Å². The van der Waals surface area contributed by atoms with Gasteiger partial charge in [-0.25, -0.2) is 9.59 Å². The number of unbranched alkanes of at least 4 members (excludes halogenated alkanes) is 1. The van der Waals surface area contributed by atoms with Crippen LogP contribution in [-0.4, -0.2) is 11.9 Å². The molecule has 0 radical (unpaired) electrons. The van der Waals surface area contributed by atoms with Gasteiger partial charge in [0, 0.05) is 5.56 Å². The maximum atomic E-state index is 12.9. The molecule has 0 heterocycles. The average molecular weight is 417 g/mol. The van der Waals surface area contributed by atoms with Crippen LogP contribution in [0.15, 0.2) is 66.7 Å². The van der Waals surface area contributed by atoms with Gasteiger partial charge in [0.05, 0.1) is 11.1 Å². The van der Waals surface area contributed by atoms with E-state index in [4.69, 9.17) is 9.47 Å². The van der Waals surface area contributed by atoms with Crippen molar-refractivity contribution in [3.63, 3.8) is 0 Å². The molecule has 0 bridgehead atoms. The number of rotatable bonds is 8. The monoisotopic (exact) mass is 416 g/mol. The molecule has 0 aliphatic rings. The summed E-state index contributed by atoms with van der Waals surface area (Å²) in [6, 6.07) is 19.7. The van der Waals surface area contributed by atoms with Crippen molar-refractivity contribution in [2.75, 3.05) is 0 Å². The fourth-order valence-electron chi connectivity index (χ4n) is 3.47. The van der Waals surface area contributed by atoms with Crippen LogP contribution in [0.25, 0.3) is 0 Å². The van der Waals surface area contributed by atoms with E-state index >= 15 is 0 Å². The van der Waals surface area contributed by atoms with Gasteiger partial charge in [-0.15, -0.1) is 0 Å². The van der Waals surface area contributed by atoms with Gasteiger partial charge in [0.15, 0.2) is 11.5 Å². The Morgan fingerprint density at radius 1 is 0.774 bits per heavy atom. The van der Waals surface area contributed by atoms with E-state index in [2.05, 4.69) is 6.92 Å². The molecule has 160 valence electrons. The molecule has 0 fully saturated rings. The Hall–Kier alpha value is -3.40. The lowest BCUT2D eigenvalue weighted by Gasteiger charge is -2.20. The van der Waals surface area contributed by atoms with Gasteiger partial charge in [0.25, 0.3) is 0 Å². The van der Waals surface area contributed by atoms with Crippen LogP contribution < -0.4 is 9.47 Å². The third kappa shape index (κ3) is 5.40. The lowest BCUT2D eigenvalue weighted by molar-refractivity contribution is 0.0679. The highest BCUT2D eigenvalue weighted by Gasteiger charge is 2.24. The molecule has 0 unspecified atom stereocenters. The van der Waals surface area contributed by atoms with Crippen LogP contribution in [0.5, 0.6) is 11.5 Å². The second kappa shape index (κ2) is 10.6. The summed E-state index contributed by atoms with van der Waals surface area (Å²) in [5.41, 5.74) is 3.65. The number of benzene rings is 3. The minimum absolute atomic E-state index is 0.331. The van der Waals surface area contributed by atoms with Crippen molar-refractivity contribution in [2.45, 2.75) is 46.5 Å². The van der Waals surface area contributed by atoms with E-state index in [1.807, 2.05) is 32.0 Å². The van der Waals surface area contributed by atoms with Crippen LogP contribution in [-0.2, 0) is 12.8 Å². The van der Waals surface area contributed by atoms with E-state index in [9.17, 15) is 9.59 Å². The number of ether oxygens (including phenoxy) is 2. The molecule has 0 aliphatic heterocycles. The standard InChI is InChI=1S/C27H28O4/c1-4-6-17-23-19(3)18-20(5-2)24(30-26(28)21-13-9-7-10-14-21)25(23)31-27(29)22-15-11-8-12-16-22/h7-16,18H,4-6,17H2,1-3H3. The van der Waals surface area contributed by atoms with Gasteiger partial charge < -0.3 is 9.47 Å². The first-order valence-electron chi connectivity index (χ1n) is 10.7. The van der Waals surface area contributed by atoms with Crippen molar-refractivity contribution in [1.82, 2.24) is 0 Å². The molecule has 3 aromatic carbocycles. The quantitative estimate of drug-likeness (QED) is 0.318. The molecule has 0 amide bonds. The van der Waals surface area contributed by atoms with E-state index in [1.165, 1.54) is 0 Å². The second-order valence-corrected chi connectivity index (χ2v) is 7.46. The third-order valence-corrected chi connectivity index (χ3v) is 5.21. The first-order valence-corrected chi connectivity index (χ1v) is 10.7. The van der Waals surface area contributed by atoms with Gasteiger partial charge in [-0.3, -0.25) is 0 Å². The van der Waals surface area contributed by atoms with E-state index in [0.717, 1.165) is 36.0 Å². The van der Waals surface area contributed by atoms with E-state index < -0.39 is 11.9 Å². The van der Waals surface area contributed by atoms with Crippen molar-refractivity contribution in [3.8, 4) is 11.5 Å². The molecule has 3 aromatic rings. The zero-order valence-corrected chi connectivity index (χ0v) is 18.3. The topological polar surface area (TPSA) is 52.6 Å². The number of hydrogen-bond acceptors (Lipinski definition) is 4. The van der Waals surface area contributed by atoms with E-state index in [0.29, 0.717) is 29.0 Å². The molecule has 4 heteroatoms. The Labute approximate surface area is 183 Å². The molecule has 0 N–H and O–H groups in total. The van der Waals surface area contributed by atoms with Gasteiger partial charge in [0.1, 0.15) is 0 Å². The molecule has 0 atom stereocenters. The molecule has 0 aliphatic carbocycles. The number of hydrogen-bond donors (Lipinski definition) is 0. The second-order valence-electron chi connectivity index (χ2n) is 7.46. The summed E-state index contributed by atoms with van der Waals surface area (Å²) >= 11 is 0. The molecule has 0 saturated heterocycles. The number of carbonyl (C=O) groups is 2. The molecule has 3 rings (SSSR count). The van der Waals surface area contributed by atoms with E-state index in [1.54, 1.807) is 48.5 Å². The molecule has 0 spiro atoms. The Bertz CT molecular complexity index is 1040. The molecular formula is C27H28O4. The Morgan fingerprint density at radius 2 is 1.29 bits per heavy atom. The van der Waals surface area contributed by atoms with Gasteiger partial charge in [-0.05, 0) is 61.6 Å². The third-order valence-electron chi connectivity index (χ3n) is 5.21. The zero-order chi connectivity index (χ0) is 22.2. The van der Waals surface area contributed by atoms with Crippen molar-refractivity contribution in [2.24, 2.45) is 0 Å². The molecule has 0 saturated carbocycles. The zero-order valence-electron chi connectivity index (χ0n) is 18.3. The van der Waals surface area contributed by atoms with Crippen LogP contribution in [0.2, 0.25) is 0 Å². The summed E-state index contributed by atoms with van der Waals surface area (Å²) in [5, 5.41) is 0. The van der Waals surface area contributed by atoms with Crippen molar-refractivity contribution in [1.29, 1.82) is 0 Å². The van der Waals surface area contributed by atoms with Gasteiger partial charge in [-0.2, -0.15) is 0 Å². The Kier molecular flexibility index (Phi) is 7.60. The van der Waals surface area contributed by atoms with Crippen molar-refractivity contribution < 1.29 is 19.1 Å².